The number of hydrogen-bond donors (Lipinski definition) is 2. The first-order valence-electron chi connectivity index (χ1n) is 8.08. The van der Waals surface area contributed by atoms with E-state index in [4.69, 9.17) is 22.1 Å². The topological polar surface area (TPSA) is 81.4 Å². The van der Waals surface area contributed by atoms with Gasteiger partial charge in [0.05, 0.1) is 16.3 Å². The van der Waals surface area contributed by atoms with Gasteiger partial charge in [-0.2, -0.15) is 0 Å². The third-order valence-corrected chi connectivity index (χ3v) is 4.38. The number of halogens is 1. The number of nitrogen functional groups attached to an aromatic ring is 1. The molecule has 1 saturated carbocycles. The summed E-state index contributed by atoms with van der Waals surface area (Å²) in [4.78, 5) is 23.8. The number of nitrogens with two attached hydrogens (primary N) is 1. The van der Waals surface area contributed by atoms with Gasteiger partial charge in [0.25, 0.3) is 5.91 Å². The molecule has 1 aromatic carbocycles. The number of carbonyl (C=O) groups excluding carboxylic acids is 2. The molecule has 3 N–H and O–H groups in total. The van der Waals surface area contributed by atoms with Crippen molar-refractivity contribution in [2.45, 2.75) is 51.0 Å². The fourth-order valence-corrected chi connectivity index (χ4v) is 2.87. The molecule has 126 valence electrons. The zero-order valence-corrected chi connectivity index (χ0v) is 13.9. The van der Waals surface area contributed by atoms with E-state index in [1.54, 1.807) is 0 Å². The van der Waals surface area contributed by atoms with Gasteiger partial charge in [-0.1, -0.05) is 43.7 Å². The second kappa shape index (κ2) is 8.77. The average molecular weight is 339 g/mol. The number of amides is 1. The van der Waals surface area contributed by atoms with Crippen LogP contribution in [0.2, 0.25) is 5.02 Å². The van der Waals surface area contributed by atoms with Crippen molar-refractivity contribution in [2.24, 2.45) is 0 Å². The molecule has 0 radical (unpaired) electrons. The molecule has 0 aromatic heterocycles. The lowest BCUT2D eigenvalue weighted by molar-refractivity contribution is -0.125. The third-order valence-electron chi connectivity index (χ3n) is 4.04. The molecule has 1 aromatic rings. The van der Waals surface area contributed by atoms with Gasteiger partial charge in [0.2, 0.25) is 0 Å². The summed E-state index contributed by atoms with van der Waals surface area (Å²) in [6.45, 7) is -0.280. The van der Waals surface area contributed by atoms with Crippen molar-refractivity contribution < 1.29 is 14.3 Å². The van der Waals surface area contributed by atoms with Crippen LogP contribution in [0.1, 0.15) is 55.3 Å². The normalized spacial score (nSPS) is 16.2. The molecule has 0 bridgehead atoms. The van der Waals surface area contributed by atoms with E-state index in [-0.39, 0.29) is 24.1 Å². The van der Waals surface area contributed by atoms with Crippen molar-refractivity contribution in [2.75, 3.05) is 12.3 Å². The van der Waals surface area contributed by atoms with E-state index in [9.17, 15) is 9.59 Å². The molecule has 0 heterocycles. The van der Waals surface area contributed by atoms with Crippen molar-refractivity contribution in [3.63, 3.8) is 0 Å². The maximum Gasteiger partial charge on any atom is 0.338 e. The fourth-order valence-electron chi connectivity index (χ4n) is 2.75. The Balaban J connectivity index is 1.78. The van der Waals surface area contributed by atoms with Gasteiger partial charge < -0.3 is 15.8 Å². The highest BCUT2D eigenvalue weighted by atomic mass is 35.5. The maximum atomic E-state index is 11.9. The Bertz CT molecular complexity index is 555. The Morgan fingerprint density at radius 1 is 1.17 bits per heavy atom. The zero-order valence-electron chi connectivity index (χ0n) is 13.1. The molecule has 5 nitrogen and oxygen atoms in total. The van der Waals surface area contributed by atoms with E-state index in [1.807, 2.05) is 0 Å². The summed E-state index contributed by atoms with van der Waals surface area (Å²) in [5, 5.41) is 3.33. The summed E-state index contributed by atoms with van der Waals surface area (Å²) in [5.74, 6) is -0.841. The van der Waals surface area contributed by atoms with Crippen LogP contribution in [0.5, 0.6) is 0 Å². The lowest BCUT2D eigenvalue weighted by Crippen LogP contribution is -2.38. The van der Waals surface area contributed by atoms with Crippen LogP contribution < -0.4 is 11.1 Å². The molecule has 2 rings (SSSR count). The monoisotopic (exact) mass is 338 g/mol. The number of benzene rings is 1. The number of hydrogen-bond acceptors (Lipinski definition) is 4. The van der Waals surface area contributed by atoms with E-state index in [1.165, 1.54) is 37.5 Å². The lowest BCUT2D eigenvalue weighted by Gasteiger charge is -2.20. The summed E-state index contributed by atoms with van der Waals surface area (Å²) in [6.07, 6.45) is 7.98. The van der Waals surface area contributed by atoms with Crippen LogP contribution in [0.25, 0.3) is 0 Å². The van der Waals surface area contributed by atoms with Gasteiger partial charge in [-0.25, -0.2) is 4.79 Å². The van der Waals surface area contributed by atoms with Crippen molar-refractivity contribution in [3.8, 4) is 0 Å². The van der Waals surface area contributed by atoms with E-state index in [0.717, 1.165) is 25.7 Å². The van der Waals surface area contributed by atoms with Crippen LogP contribution in [-0.2, 0) is 9.53 Å². The second-order valence-electron chi connectivity index (χ2n) is 5.92. The predicted molar refractivity (Wildman–Crippen MR) is 90.4 cm³/mol. The average Bonchev–Trinajstić information content (AvgIpc) is 2.50. The number of rotatable bonds is 4. The standard InChI is InChI=1S/C17H23ClN2O3/c18-14-9-8-12(10-15(14)19)17(22)23-11-16(21)20-13-6-4-2-1-3-5-7-13/h8-10,13H,1-7,11,19H2,(H,20,21). The predicted octanol–water partition coefficient (Wildman–Crippen LogP) is 3.31. The first kappa shape index (κ1) is 17.6. The summed E-state index contributed by atoms with van der Waals surface area (Å²) in [7, 11) is 0. The number of esters is 1. The molecule has 0 saturated heterocycles. The molecule has 1 aliphatic carbocycles. The highest BCUT2D eigenvalue weighted by molar-refractivity contribution is 6.33. The summed E-state index contributed by atoms with van der Waals surface area (Å²) in [6, 6.07) is 4.68. The molecule has 0 spiro atoms. The molecular weight excluding hydrogens is 316 g/mol. The first-order chi connectivity index (χ1) is 11.1. The third kappa shape index (κ3) is 5.75. The minimum absolute atomic E-state index is 0.188. The van der Waals surface area contributed by atoms with Crippen LogP contribution in [0.3, 0.4) is 0 Å². The SMILES string of the molecule is Nc1cc(C(=O)OCC(=O)NC2CCCCCCC2)ccc1Cl. The summed E-state index contributed by atoms with van der Waals surface area (Å²) in [5.41, 5.74) is 6.24. The van der Waals surface area contributed by atoms with E-state index in [2.05, 4.69) is 5.32 Å². The smallest absolute Gasteiger partial charge is 0.338 e. The van der Waals surface area contributed by atoms with Crippen molar-refractivity contribution in [1.82, 2.24) is 5.32 Å². The van der Waals surface area contributed by atoms with Crippen LogP contribution in [-0.4, -0.2) is 24.5 Å². The van der Waals surface area contributed by atoms with Crippen molar-refractivity contribution in [1.29, 1.82) is 0 Å². The molecule has 23 heavy (non-hydrogen) atoms. The number of ether oxygens (including phenoxy) is 1. The van der Waals surface area contributed by atoms with Crippen LogP contribution in [0.4, 0.5) is 5.69 Å². The highest BCUT2D eigenvalue weighted by Gasteiger charge is 2.16. The Hall–Kier alpha value is -1.75. The Morgan fingerprint density at radius 2 is 1.83 bits per heavy atom. The lowest BCUT2D eigenvalue weighted by atomic mass is 9.97. The van der Waals surface area contributed by atoms with Gasteiger partial charge in [-0.05, 0) is 31.0 Å². The van der Waals surface area contributed by atoms with Crippen molar-refractivity contribution >= 4 is 29.2 Å². The second-order valence-corrected chi connectivity index (χ2v) is 6.33. The Kier molecular flexibility index (Phi) is 6.71. The molecule has 0 atom stereocenters. The van der Waals surface area contributed by atoms with Gasteiger partial charge in [0, 0.05) is 6.04 Å². The Labute approximate surface area is 141 Å². The molecule has 1 aliphatic rings. The fraction of sp³-hybridized carbons (Fsp3) is 0.529. The maximum absolute atomic E-state index is 11.9. The quantitative estimate of drug-likeness (QED) is 0.652. The van der Waals surface area contributed by atoms with Crippen molar-refractivity contribution in [3.05, 3.63) is 28.8 Å². The van der Waals surface area contributed by atoms with E-state index >= 15 is 0 Å². The first-order valence-corrected chi connectivity index (χ1v) is 8.45. The molecule has 1 amide bonds. The minimum atomic E-state index is -0.582. The number of anilines is 1. The van der Waals surface area contributed by atoms with Gasteiger partial charge in [0.15, 0.2) is 6.61 Å². The minimum Gasteiger partial charge on any atom is -0.452 e. The van der Waals surface area contributed by atoms with Gasteiger partial charge >= 0.3 is 5.97 Å². The molecular formula is C17H23ClN2O3. The molecule has 6 heteroatoms. The molecule has 0 aliphatic heterocycles. The largest absolute Gasteiger partial charge is 0.452 e. The number of nitrogens with one attached hydrogen (secondary N) is 1. The molecule has 1 fully saturated rings. The molecule has 0 unspecified atom stereocenters. The van der Waals surface area contributed by atoms with E-state index < -0.39 is 5.97 Å². The zero-order chi connectivity index (χ0) is 16.7. The van der Waals surface area contributed by atoms with Crippen LogP contribution in [0, 0.1) is 0 Å². The Morgan fingerprint density at radius 3 is 2.48 bits per heavy atom. The van der Waals surface area contributed by atoms with Gasteiger partial charge in [0.1, 0.15) is 0 Å². The van der Waals surface area contributed by atoms with E-state index in [0.29, 0.717) is 10.7 Å². The van der Waals surface area contributed by atoms with Gasteiger partial charge in [-0.3, -0.25) is 4.79 Å². The number of carbonyl (C=O) groups is 2. The highest BCUT2D eigenvalue weighted by Crippen LogP contribution is 2.20. The van der Waals surface area contributed by atoms with Gasteiger partial charge in [-0.15, -0.1) is 0 Å². The summed E-state index contributed by atoms with van der Waals surface area (Å²) < 4.78 is 5.03. The van der Waals surface area contributed by atoms with Crippen LogP contribution in [0.15, 0.2) is 18.2 Å². The van der Waals surface area contributed by atoms with Crippen LogP contribution >= 0.6 is 11.6 Å². The summed E-state index contributed by atoms with van der Waals surface area (Å²) >= 11 is 5.80.